The second kappa shape index (κ2) is 7.55. The molecule has 2 heterocycles. The van der Waals surface area contributed by atoms with Crippen LogP contribution in [0, 0.1) is 18.6 Å². The van der Waals surface area contributed by atoms with Crippen LogP contribution in [0.3, 0.4) is 0 Å². The molecule has 0 unspecified atom stereocenters. The number of halogens is 2. The molecule has 1 aliphatic heterocycles. The number of aryl methyl sites for hydroxylation is 1. The van der Waals surface area contributed by atoms with Crippen molar-refractivity contribution in [1.82, 2.24) is 14.9 Å². The first kappa shape index (κ1) is 17.3. The Balaban J connectivity index is 1.52. The summed E-state index contributed by atoms with van der Waals surface area (Å²) >= 11 is 0. The van der Waals surface area contributed by atoms with Crippen LogP contribution in [0.4, 0.5) is 14.6 Å². The fraction of sp³-hybridized carbons (Fsp3) is 0.389. The van der Waals surface area contributed by atoms with E-state index < -0.39 is 11.6 Å². The number of aromatic nitrogens is 2. The summed E-state index contributed by atoms with van der Waals surface area (Å²) in [6.07, 6.45) is 3.06. The average Bonchev–Trinajstić information content (AvgIpc) is 2.58. The SMILES string of the molecule is Cc1cc(NC2CCN(C(=O)Cc3ccc(F)cc3F)CC2)ncn1. The Morgan fingerprint density at radius 1 is 1.24 bits per heavy atom. The van der Waals surface area contributed by atoms with E-state index in [1.165, 1.54) is 18.5 Å². The molecule has 1 fully saturated rings. The van der Waals surface area contributed by atoms with Gasteiger partial charge in [0.05, 0.1) is 6.42 Å². The van der Waals surface area contributed by atoms with Crippen molar-refractivity contribution >= 4 is 11.7 Å². The number of nitrogens with zero attached hydrogens (tertiary/aromatic N) is 3. The van der Waals surface area contributed by atoms with Crippen LogP contribution in [0.15, 0.2) is 30.6 Å². The van der Waals surface area contributed by atoms with Gasteiger partial charge in [-0.15, -0.1) is 0 Å². The molecule has 25 heavy (non-hydrogen) atoms. The summed E-state index contributed by atoms with van der Waals surface area (Å²) in [6.45, 7) is 3.11. The predicted octanol–water partition coefficient (Wildman–Crippen LogP) is 2.71. The van der Waals surface area contributed by atoms with Crippen molar-refractivity contribution in [3.63, 3.8) is 0 Å². The molecule has 7 heteroatoms. The second-order valence-corrected chi connectivity index (χ2v) is 6.26. The Labute approximate surface area is 145 Å². The van der Waals surface area contributed by atoms with Gasteiger partial charge in [0.15, 0.2) is 0 Å². The fourth-order valence-electron chi connectivity index (χ4n) is 2.96. The van der Waals surface area contributed by atoms with E-state index in [2.05, 4.69) is 15.3 Å². The third-order valence-corrected chi connectivity index (χ3v) is 4.36. The van der Waals surface area contributed by atoms with Gasteiger partial charge in [-0.1, -0.05) is 6.07 Å². The highest BCUT2D eigenvalue weighted by Gasteiger charge is 2.23. The van der Waals surface area contributed by atoms with Gasteiger partial charge in [0.2, 0.25) is 5.91 Å². The number of carbonyl (C=O) groups is 1. The quantitative estimate of drug-likeness (QED) is 0.925. The zero-order chi connectivity index (χ0) is 17.8. The van der Waals surface area contributed by atoms with Gasteiger partial charge in [-0.05, 0) is 31.4 Å². The lowest BCUT2D eigenvalue weighted by Gasteiger charge is -2.32. The van der Waals surface area contributed by atoms with Crippen LogP contribution < -0.4 is 5.32 Å². The van der Waals surface area contributed by atoms with Crippen LogP contribution >= 0.6 is 0 Å². The number of rotatable bonds is 4. The van der Waals surface area contributed by atoms with E-state index in [-0.39, 0.29) is 23.9 Å². The number of hydrogen-bond acceptors (Lipinski definition) is 4. The lowest BCUT2D eigenvalue weighted by molar-refractivity contribution is -0.131. The highest BCUT2D eigenvalue weighted by Crippen LogP contribution is 2.17. The van der Waals surface area contributed by atoms with E-state index in [0.29, 0.717) is 13.1 Å². The van der Waals surface area contributed by atoms with Crippen molar-refractivity contribution in [2.24, 2.45) is 0 Å². The van der Waals surface area contributed by atoms with E-state index in [0.717, 1.165) is 30.4 Å². The number of carbonyl (C=O) groups excluding carboxylic acids is 1. The van der Waals surface area contributed by atoms with Gasteiger partial charge in [0.1, 0.15) is 23.8 Å². The molecule has 1 saturated heterocycles. The largest absolute Gasteiger partial charge is 0.367 e. The van der Waals surface area contributed by atoms with Gasteiger partial charge < -0.3 is 10.2 Å². The smallest absolute Gasteiger partial charge is 0.227 e. The standard InChI is InChI=1S/C18H20F2N4O/c1-12-8-17(22-11-21-12)23-15-4-6-24(7-5-15)18(25)9-13-2-3-14(19)10-16(13)20/h2-3,8,10-11,15H,4-7,9H2,1H3,(H,21,22,23). The Hall–Kier alpha value is -2.57. The molecule has 1 aromatic heterocycles. The second-order valence-electron chi connectivity index (χ2n) is 6.26. The van der Waals surface area contributed by atoms with Crippen molar-refractivity contribution in [2.45, 2.75) is 32.2 Å². The molecule has 1 aliphatic rings. The average molecular weight is 346 g/mol. The Morgan fingerprint density at radius 2 is 2.00 bits per heavy atom. The number of benzene rings is 1. The van der Waals surface area contributed by atoms with Crippen LogP contribution in [-0.2, 0) is 11.2 Å². The van der Waals surface area contributed by atoms with Gasteiger partial charge in [-0.3, -0.25) is 4.79 Å². The summed E-state index contributed by atoms with van der Waals surface area (Å²) in [5.74, 6) is -0.669. The number of nitrogens with one attached hydrogen (secondary N) is 1. The summed E-state index contributed by atoms with van der Waals surface area (Å²) in [6, 6.07) is 5.43. The van der Waals surface area contributed by atoms with Crippen LogP contribution in [0.5, 0.6) is 0 Å². The molecule has 1 aromatic carbocycles. The molecular formula is C18H20F2N4O. The predicted molar refractivity (Wildman–Crippen MR) is 90.1 cm³/mol. The van der Waals surface area contributed by atoms with Crippen molar-refractivity contribution in [2.75, 3.05) is 18.4 Å². The minimum Gasteiger partial charge on any atom is -0.367 e. The number of amides is 1. The Kier molecular flexibility index (Phi) is 5.21. The lowest BCUT2D eigenvalue weighted by atomic mass is 10.0. The molecule has 1 N–H and O–H groups in total. The number of likely N-dealkylation sites (tertiary alicyclic amines) is 1. The van der Waals surface area contributed by atoms with E-state index in [1.54, 1.807) is 4.90 Å². The minimum absolute atomic E-state index is 0.0463. The van der Waals surface area contributed by atoms with Gasteiger partial charge >= 0.3 is 0 Å². The Morgan fingerprint density at radius 3 is 2.68 bits per heavy atom. The molecule has 0 atom stereocenters. The maximum absolute atomic E-state index is 13.7. The zero-order valence-corrected chi connectivity index (χ0v) is 14.0. The van der Waals surface area contributed by atoms with E-state index in [1.807, 2.05) is 13.0 Å². The molecule has 0 bridgehead atoms. The molecule has 1 amide bonds. The van der Waals surface area contributed by atoms with Crippen molar-refractivity contribution in [3.8, 4) is 0 Å². The van der Waals surface area contributed by atoms with E-state index in [9.17, 15) is 13.6 Å². The Bertz CT molecular complexity index is 760. The lowest BCUT2D eigenvalue weighted by Crippen LogP contribution is -2.43. The molecule has 5 nitrogen and oxygen atoms in total. The number of piperidine rings is 1. The highest BCUT2D eigenvalue weighted by molar-refractivity contribution is 5.79. The number of anilines is 1. The van der Waals surface area contributed by atoms with Gasteiger partial charge in [0, 0.05) is 37.0 Å². The maximum Gasteiger partial charge on any atom is 0.227 e. The maximum atomic E-state index is 13.7. The summed E-state index contributed by atoms with van der Waals surface area (Å²) in [4.78, 5) is 22.3. The minimum atomic E-state index is -0.677. The molecule has 132 valence electrons. The van der Waals surface area contributed by atoms with Crippen molar-refractivity contribution in [1.29, 1.82) is 0 Å². The monoisotopic (exact) mass is 346 g/mol. The molecule has 2 aromatic rings. The number of hydrogen-bond donors (Lipinski definition) is 1. The highest BCUT2D eigenvalue weighted by atomic mass is 19.1. The van der Waals surface area contributed by atoms with Gasteiger partial charge in [-0.25, -0.2) is 18.7 Å². The first-order valence-electron chi connectivity index (χ1n) is 8.28. The topological polar surface area (TPSA) is 58.1 Å². The summed E-state index contributed by atoms with van der Waals surface area (Å²) in [5.41, 5.74) is 1.12. The first-order chi connectivity index (χ1) is 12.0. The zero-order valence-electron chi connectivity index (χ0n) is 14.0. The van der Waals surface area contributed by atoms with Crippen LogP contribution in [0.25, 0.3) is 0 Å². The molecule has 0 saturated carbocycles. The van der Waals surface area contributed by atoms with E-state index >= 15 is 0 Å². The third kappa shape index (κ3) is 4.49. The molecule has 0 aliphatic carbocycles. The normalized spacial score (nSPS) is 15.2. The van der Waals surface area contributed by atoms with Crippen molar-refractivity contribution < 1.29 is 13.6 Å². The molecular weight excluding hydrogens is 326 g/mol. The van der Waals surface area contributed by atoms with Crippen molar-refractivity contribution in [3.05, 3.63) is 53.5 Å². The summed E-state index contributed by atoms with van der Waals surface area (Å²) in [7, 11) is 0. The van der Waals surface area contributed by atoms with Gasteiger partial charge in [0.25, 0.3) is 0 Å². The fourth-order valence-corrected chi connectivity index (χ4v) is 2.96. The van der Waals surface area contributed by atoms with Gasteiger partial charge in [-0.2, -0.15) is 0 Å². The van der Waals surface area contributed by atoms with Crippen LogP contribution in [0.2, 0.25) is 0 Å². The molecule has 3 rings (SSSR count). The summed E-state index contributed by atoms with van der Waals surface area (Å²) < 4.78 is 26.6. The van der Waals surface area contributed by atoms with Crippen LogP contribution in [0.1, 0.15) is 24.1 Å². The van der Waals surface area contributed by atoms with Crippen LogP contribution in [-0.4, -0.2) is 39.9 Å². The first-order valence-corrected chi connectivity index (χ1v) is 8.28. The molecule has 0 radical (unpaired) electrons. The summed E-state index contributed by atoms with van der Waals surface area (Å²) in [5, 5.41) is 3.36. The third-order valence-electron chi connectivity index (χ3n) is 4.36. The molecule has 0 spiro atoms. The van der Waals surface area contributed by atoms with E-state index in [4.69, 9.17) is 0 Å².